The van der Waals surface area contributed by atoms with Gasteiger partial charge in [0.2, 0.25) is 0 Å². The van der Waals surface area contributed by atoms with Crippen molar-refractivity contribution in [2.24, 2.45) is 10.9 Å². The van der Waals surface area contributed by atoms with Crippen LogP contribution in [0, 0.1) is 5.92 Å². The molecule has 1 aliphatic rings. The molecule has 1 aromatic heterocycles. The average molecular weight is 455 g/mol. The molecule has 0 radical (unpaired) electrons. The van der Waals surface area contributed by atoms with E-state index in [4.69, 9.17) is 4.99 Å². The fourth-order valence-electron chi connectivity index (χ4n) is 2.87. The normalized spacial score (nSPS) is 19.5. The summed E-state index contributed by atoms with van der Waals surface area (Å²) in [5.74, 6) is 2.35. The fraction of sp³-hybridized carbons (Fsp3) is 0.421. The van der Waals surface area contributed by atoms with Crippen molar-refractivity contribution in [2.45, 2.75) is 25.7 Å². The van der Waals surface area contributed by atoms with Crippen molar-refractivity contribution in [3.8, 4) is 0 Å². The van der Waals surface area contributed by atoms with Crippen molar-refractivity contribution in [3.63, 3.8) is 0 Å². The fourth-order valence-corrected chi connectivity index (χ4v) is 3.58. The number of benzene rings is 1. The second-order valence-corrected chi connectivity index (χ2v) is 7.02. The summed E-state index contributed by atoms with van der Waals surface area (Å²) in [6.07, 6.45) is 2.32. The Labute approximate surface area is 166 Å². The lowest BCUT2D eigenvalue weighted by Crippen LogP contribution is -2.38. The highest BCUT2D eigenvalue weighted by Gasteiger charge is 2.37. The van der Waals surface area contributed by atoms with Gasteiger partial charge in [0.15, 0.2) is 5.96 Å². The van der Waals surface area contributed by atoms with Crippen LogP contribution in [0.3, 0.4) is 0 Å². The van der Waals surface area contributed by atoms with Crippen molar-refractivity contribution in [1.29, 1.82) is 0 Å². The van der Waals surface area contributed by atoms with E-state index < -0.39 is 0 Å². The maximum Gasteiger partial charge on any atom is 0.191 e. The molecule has 0 spiro atoms. The monoisotopic (exact) mass is 455 g/mol. The van der Waals surface area contributed by atoms with Gasteiger partial charge in [-0.15, -0.1) is 35.3 Å². The number of nitrogens with zero attached hydrogens (tertiary/aromatic N) is 1. The Morgan fingerprint density at radius 1 is 1.17 bits per heavy atom. The molecule has 0 aliphatic heterocycles. The van der Waals surface area contributed by atoms with Crippen LogP contribution in [0.2, 0.25) is 0 Å². The first-order valence-corrected chi connectivity index (χ1v) is 9.34. The lowest BCUT2D eigenvalue weighted by atomic mass is 10.1. The highest BCUT2D eigenvalue weighted by Crippen LogP contribution is 2.47. The molecular weight excluding hydrogens is 429 g/mol. The molecule has 130 valence electrons. The van der Waals surface area contributed by atoms with Gasteiger partial charge in [0.05, 0.1) is 0 Å². The summed E-state index contributed by atoms with van der Waals surface area (Å²) in [6, 6.07) is 15.1. The van der Waals surface area contributed by atoms with Gasteiger partial charge in [-0.05, 0) is 48.6 Å². The van der Waals surface area contributed by atoms with Crippen LogP contribution in [0.15, 0.2) is 52.8 Å². The SMILES string of the molecule is CCNC(=NCC1CC1c1ccccc1)NCCc1cccs1.I. The van der Waals surface area contributed by atoms with Crippen LogP contribution in [-0.2, 0) is 6.42 Å². The predicted octanol–water partition coefficient (Wildman–Crippen LogP) is 4.27. The smallest absolute Gasteiger partial charge is 0.191 e. The first kappa shape index (κ1) is 19.2. The van der Waals surface area contributed by atoms with E-state index in [0.717, 1.165) is 32.0 Å². The van der Waals surface area contributed by atoms with E-state index in [2.05, 4.69) is 65.4 Å². The van der Waals surface area contributed by atoms with Gasteiger partial charge in [-0.25, -0.2) is 0 Å². The van der Waals surface area contributed by atoms with Crippen LogP contribution >= 0.6 is 35.3 Å². The van der Waals surface area contributed by atoms with E-state index in [1.807, 2.05) is 11.3 Å². The Bertz CT molecular complexity index is 613. The minimum atomic E-state index is 0. The molecule has 0 amide bonds. The number of hydrogen-bond donors (Lipinski definition) is 2. The molecule has 2 aromatic rings. The molecule has 0 bridgehead atoms. The van der Waals surface area contributed by atoms with E-state index in [1.165, 1.54) is 16.9 Å². The molecule has 1 aliphatic carbocycles. The first-order valence-electron chi connectivity index (χ1n) is 8.46. The Kier molecular flexibility index (Phi) is 8.05. The molecule has 24 heavy (non-hydrogen) atoms. The van der Waals surface area contributed by atoms with E-state index in [-0.39, 0.29) is 24.0 Å². The van der Waals surface area contributed by atoms with E-state index in [9.17, 15) is 0 Å². The van der Waals surface area contributed by atoms with Crippen molar-refractivity contribution in [1.82, 2.24) is 10.6 Å². The summed E-state index contributed by atoms with van der Waals surface area (Å²) < 4.78 is 0. The molecule has 3 nitrogen and oxygen atoms in total. The van der Waals surface area contributed by atoms with Gasteiger partial charge in [-0.3, -0.25) is 4.99 Å². The predicted molar refractivity (Wildman–Crippen MR) is 115 cm³/mol. The third kappa shape index (κ3) is 5.77. The molecule has 2 atom stereocenters. The summed E-state index contributed by atoms with van der Waals surface area (Å²) in [7, 11) is 0. The Morgan fingerprint density at radius 3 is 2.71 bits per heavy atom. The molecule has 0 saturated heterocycles. The lowest BCUT2D eigenvalue weighted by molar-refractivity contribution is 0.766. The Hall–Kier alpha value is -1.08. The number of thiophene rings is 1. The first-order chi connectivity index (χ1) is 11.4. The zero-order chi connectivity index (χ0) is 15.9. The summed E-state index contributed by atoms with van der Waals surface area (Å²) in [6.45, 7) is 4.85. The molecule has 5 heteroatoms. The number of halogens is 1. The number of guanidine groups is 1. The second kappa shape index (κ2) is 10.0. The van der Waals surface area contributed by atoms with Gasteiger partial charge in [0.25, 0.3) is 0 Å². The Morgan fingerprint density at radius 2 is 2.00 bits per heavy atom. The van der Waals surface area contributed by atoms with Crippen molar-refractivity contribution in [3.05, 3.63) is 58.3 Å². The molecule has 2 unspecified atom stereocenters. The largest absolute Gasteiger partial charge is 0.357 e. The van der Waals surface area contributed by atoms with Gasteiger partial charge in [-0.2, -0.15) is 0 Å². The van der Waals surface area contributed by atoms with Gasteiger partial charge < -0.3 is 10.6 Å². The Balaban J connectivity index is 0.00000208. The van der Waals surface area contributed by atoms with Crippen molar-refractivity contribution in [2.75, 3.05) is 19.6 Å². The summed E-state index contributed by atoms with van der Waals surface area (Å²) in [4.78, 5) is 6.18. The van der Waals surface area contributed by atoms with Crippen LogP contribution in [0.4, 0.5) is 0 Å². The molecule has 3 rings (SSSR count). The standard InChI is InChI=1S/C19H25N3S.HI/c1-2-20-19(21-11-10-17-9-6-12-23-17)22-14-16-13-18(16)15-7-4-3-5-8-15;/h3-9,12,16,18H,2,10-11,13-14H2,1H3,(H2,20,21,22);1H. The van der Waals surface area contributed by atoms with Gasteiger partial charge in [0.1, 0.15) is 0 Å². The maximum absolute atomic E-state index is 4.77. The van der Waals surface area contributed by atoms with Gasteiger partial charge in [-0.1, -0.05) is 36.4 Å². The average Bonchev–Trinajstić information content (AvgIpc) is 3.18. The van der Waals surface area contributed by atoms with Crippen molar-refractivity contribution >= 4 is 41.3 Å². The third-order valence-electron chi connectivity index (χ3n) is 4.22. The number of nitrogens with one attached hydrogen (secondary N) is 2. The summed E-state index contributed by atoms with van der Waals surface area (Å²) in [5.41, 5.74) is 1.46. The highest BCUT2D eigenvalue weighted by molar-refractivity contribution is 14.0. The van der Waals surface area contributed by atoms with Crippen molar-refractivity contribution < 1.29 is 0 Å². The van der Waals surface area contributed by atoms with E-state index >= 15 is 0 Å². The molecule has 2 N–H and O–H groups in total. The number of hydrogen-bond acceptors (Lipinski definition) is 2. The van der Waals surface area contributed by atoms with Crippen LogP contribution in [0.25, 0.3) is 0 Å². The highest BCUT2D eigenvalue weighted by atomic mass is 127. The molecule has 1 heterocycles. The maximum atomic E-state index is 4.77. The molecule has 1 fully saturated rings. The van der Waals surface area contributed by atoms with Crippen LogP contribution in [0.5, 0.6) is 0 Å². The topological polar surface area (TPSA) is 36.4 Å². The zero-order valence-electron chi connectivity index (χ0n) is 14.1. The second-order valence-electron chi connectivity index (χ2n) is 5.99. The van der Waals surface area contributed by atoms with E-state index in [1.54, 1.807) is 0 Å². The number of rotatable bonds is 7. The van der Waals surface area contributed by atoms with Gasteiger partial charge in [0, 0.05) is 24.5 Å². The molecule has 1 saturated carbocycles. The quantitative estimate of drug-likeness (QED) is 0.372. The molecular formula is C19H26IN3S. The van der Waals surface area contributed by atoms with Crippen LogP contribution < -0.4 is 10.6 Å². The number of aliphatic imine (C=N–C) groups is 1. The summed E-state index contributed by atoms with van der Waals surface area (Å²) in [5, 5.41) is 8.92. The lowest BCUT2D eigenvalue weighted by Gasteiger charge is -2.10. The minimum Gasteiger partial charge on any atom is -0.357 e. The minimum absolute atomic E-state index is 0. The van der Waals surface area contributed by atoms with E-state index in [0.29, 0.717) is 11.8 Å². The zero-order valence-corrected chi connectivity index (χ0v) is 17.2. The van der Waals surface area contributed by atoms with Crippen LogP contribution in [-0.4, -0.2) is 25.6 Å². The molecule has 1 aromatic carbocycles. The van der Waals surface area contributed by atoms with Crippen LogP contribution in [0.1, 0.15) is 29.7 Å². The summed E-state index contributed by atoms with van der Waals surface area (Å²) >= 11 is 1.81. The third-order valence-corrected chi connectivity index (χ3v) is 5.16. The van der Waals surface area contributed by atoms with Gasteiger partial charge >= 0.3 is 0 Å².